The summed E-state index contributed by atoms with van der Waals surface area (Å²) >= 11 is 0. The number of hydrogen-bond donors (Lipinski definition) is 2. The maximum Gasteiger partial charge on any atom is 0.240 e. The van der Waals surface area contributed by atoms with Gasteiger partial charge in [0.05, 0.1) is 4.90 Å². The van der Waals surface area contributed by atoms with Gasteiger partial charge in [0, 0.05) is 24.2 Å². The number of rotatable bonds is 4. The van der Waals surface area contributed by atoms with Gasteiger partial charge in [-0.15, -0.1) is 0 Å². The van der Waals surface area contributed by atoms with Gasteiger partial charge in [0.25, 0.3) is 0 Å². The number of sulfonamides is 1. The van der Waals surface area contributed by atoms with Gasteiger partial charge < -0.3 is 5.73 Å². The average Bonchev–Trinajstić information content (AvgIpc) is 2.49. The Labute approximate surface area is 131 Å². The Hall–Kier alpha value is -2.29. The number of nitrogens with two attached hydrogens (primary N) is 1. The summed E-state index contributed by atoms with van der Waals surface area (Å²) in [5.41, 5.74) is 8.17. The molecule has 0 aliphatic rings. The van der Waals surface area contributed by atoms with Gasteiger partial charge in [0.1, 0.15) is 0 Å². The topological polar surface area (TPSA) is 72.2 Å². The minimum absolute atomic E-state index is 0.260. The lowest BCUT2D eigenvalue weighted by Gasteiger charge is -2.05. The van der Waals surface area contributed by atoms with Gasteiger partial charge in [-0.05, 0) is 31.2 Å². The van der Waals surface area contributed by atoms with E-state index < -0.39 is 10.0 Å². The smallest absolute Gasteiger partial charge is 0.240 e. The number of nitrogen functional groups attached to an aromatic ring is 1. The molecule has 2 aromatic rings. The molecule has 5 heteroatoms. The molecule has 0 heterocycles. The van der Waals surface area contributed by atoms with E-state index in [0.29, 0.717) is 12.1 Å². The predicted octanol–water partition coefficient (Wildman–Crippen LogP) is 2.30. The van der Waals surface area contributed by atoms with Gasteiger partial charge in [-0.25, -0.2) is 13.1 Å². The van der Waals surface area contributed by atoms with E-state index in [0.717, 1.165) is 11.1 Å². The Bertz CT molecular complexity index is 801. The third kappa shape index (κ3) is 4.35. The van der Waals surface area contributed by atoms with Crippen LogP contribution in [0.2, 0.25) is 0 Å². The van der Waals surface area contributed by atoms with E-state index in [2.05, 4.69) is 16.6 Å². The molecule has 114 valence electrons. The van der Waals surface area contributed by atoms with E-state index >= 15 is 0 Å². The molecule has 0 radical (unpaired) electrons. The number of nitrogens with one attached hydrogen (secondary N) is 1. The van der Waals surface area contributed by atoms with Crippen molar-refractivity contribution in [1.82, 2.24) is 4.72 Å². The van der Waals surface area contributed by atoms with Crippen molar-refractivity contribution in [3.8, 4) is 11.8 Å². The second-order valence-corrected chi connectivity index (χ2v) is 6.62. The molecule has 0 bridgehead atoms. The van der Waals surface area contributed by atoms with Crippen molar-refractivity contribution in [1.29, 1.82) is 0 Å². The summed E-state index contributed by atoms with van der Waals surface area (Å²) in [7, 11) is -3.47. The Balaban J connectivity index is 1.92. The molecule has 4 nitrogen and oxygen atoms in total. The highest BCUT2D eigenvalue weighted by Crippen LogP contribution is 2.10. The van der Waals surface area contributed by atoms with Crippen LogP contribution in [0.25, 0.3) is 0 Å². The van der Waals surface area contributed by atoms with Crippen LogP contribution >= 0.6 is 0 Å². The minimum Gasteiger partial charge on any atom is -0.398 e. The Morgan fingerprint density at radius 2 is 1.77 bits per heavy atom. The molecule has 0 aliphatic heterocycles. The number of benzene rings is 2. The summed E-state index contributed by atoms with van der Waals surface area (Å²) in [6, 6.07) is 14.0. The second kappa shape index (κ2) is 7.12. The quantitative estimate of drug-likeness (QED) is 0.517. The van der Waals surface area contributed by atoms with Crippen LogP contribution in [0.4, 0.5) is 5.69 Å². The zero-order valence-corrected chi connectivity index (χ0v) is 13.2. The molecule has 0 amide bonds. The fourth-order valence-electron chi connectivity index (χ4n) is 1.82. The maximum absolute atomic E-state index is 12.1. The zero-order valence-electron chi connectivity index (χ0n) is 12.3. The zero-order chi connectivity index (χ0) is 16.0. The van der Waals surface area contributed by atoms with Crippen LogP contribution in [0.5, 0.6) is 0 Å². The summed E-state index contributed by atoms with van der Waals surface area (Å²) in [6.45, 7) is 2.17. The molecule has 0 unspecified atom stereocenters. The molecule has 2 aromatic carbocycles. The summed E-state index contributed by atoms with van der Waals surface area (Å²) in [6.07, 6.45) is 0.416. The van der Waals surface area contributed by atoms with E-state index in [4.69, 9.17) is 5.73 Å². The summed E-state index contributed by atoms with van der Waals surface area (Å²) in [5.74, 6) is 5.86. The lowest BCUT2D eigenvalue weighted by molar-refractivity contribution is 0.582. The van der Waals surface area contributed by atoms with Crippen molar-refractivity contribution < 1.29 is 8.42 Å². The van der Waals surface area contributed by atoms with E-state index in [1.54, 1.807) is 30.3 Å². The Morgan fingerprint density at radius 3 is 2.45 bits per heavy atom. The van der Waals surface area contributed by atoms with Crippen LogP contribution in [0.1, 0.15) is 17.5 Å². The average molecular weight is 314 g/mol. The lowest BCUT2D eigenvalue weighted by atomic mass is 10.2. The van der Waals surface area contributed by atoms with Gasteiger partial charge >= 0.3 is 0 Å². The molecule has 0 spiro atoms. The largest absolute Gasteiger partial charge is 0.398 e. The van der Waals surface area contributed by atoms with E-state index in [-0.39, 0.29) is 11.4 Å². The van der Waals surface area contributed by atoms with Crippen molar-refractivity contribution in [2.75, 3.05) is 12.3 Å². The molecule has 0 aromatic heterocycles. The molecule has 0 atom stereocenters. The SMILES string of the molecule is Cc1ccc(S(=O)(=O)NCCC#Cc2ccccc2N)cc1. The number of para-hydroxylation sites is 1. The van der Waals surface area contributed by atoms with Crippen molar-refractivity contribution >= 4 is 15.7 Å². The van der Waals surface area contributed by atoms with Crippen LogP contribution in [0.3, 0.4) is 0 Å². The summed E-state index contributed by atoms with van der Waals surface area (Å²) in [4.78, 5) is 0.262. The first-order valence-corrected chi connectivity index (χ1v) is 8.37. The normalized spacial score (nSPS) is 10.8. The van der Waals surface area contributed by atoms with Crippen LogP contribution in [-0.4, -0.2) is 15.0 Å². The molecule has 0 fully saturated rings. The van der Waals surface area contributed by atoms with Gasteiger partial charge in [0.2, 0.25) is 10.0 Å². The Morgan fingerprint density at radius 1 is 1.09 bits per heavy atom. The first-order chi connectivity index (χ1) is 10.5. The highest BCUT2D eigenvalue weighted by atomic mass is 32.2. The fourth-order valence-corrected chi connectivity index (χ4v) is 2.85. The lowest BCUT2D eigenvalue weighted by Crippen LogP contribution is -2.24. The van der Waals surface area contributed by atoms with Gasteiger partial charge in [-0.2, -0.15) is 0 Å². The van der Waals surface area contributed by atoms with Crippen molar-refractivity contribution in [3.05, 3.63) is 59.7 Å². The second-order valence-electron chi connectivity index (χ2n) is 4.85. The third-order valence-corrected chi connectivity index (χ3v) is 4.53. The van der Waals surface area contributed by atoms with Crippen molar-refractivity contribution in [3.63, 3.8) is 0 Å². The maximum atomic E-state index is 12.1. The molecule has 2 rings (SSSR count). The predicted molar refractivity (Wildman–Crippen MR) is 88.7 cm³/mol. The summed E-state index contributed by atoms with van der Waals surface area (Å²) < 4.78 is 26.6. The first kappa shape index (κ1) is 16.1. The fraction of sp³-hybridized carbons (Fsp3) is 0.176. The van der Waals surface area contributed by atoms with E-state index in [9.17, 15) is 8.42 Å². The number of hydrogen-bond acceptors (Lipinski definition) is 3. The van der Waals surface area contributed by atoms with Gasteiger partial charge in [0.15, 0.2) is 0 Å². The Kier molecular flexibility index (Phi) is 5.21. The van der Waals surface area contributed by atoms with Crippen molar-refractivity contribution in [2.24, 2.45) is 0 Å². The van der Waals surface area contributed by atoms with Gasteiger partial charge in [-0.1, -0.05) is 41.7 Å². The molecular formula is C17H18N2O2S. The number of anilines is 1. The van der Waals surface area contributed by atoms with Crippen molar-refractivity contribution in [2.45, 2.75) is 18.2 Å². The van der Waals surface area contributed by atoms with Crippen LogP contribution < -0.4 is 10.5 Å². The van der Waals surface area contributed by atoms with Gasteiger partial charge in [-0.3, -0.25) is 0 Å². The van der Waals surface area contributed by atoms with Crippen LogP contribution in [0, 0.1) is 18.8 Å². The molecule has 0 saturated heterocycles. The molecule has 3 N–H and O–H groups in total. The first-order valence-electron chi connectivity index (χ1n) is 6.89. The minimum atomic E-state index is -3.47. The van der Waals surface area contributed by atoms with E-state index in [1.165, 1.54) is 0 Å². The highest BCUT2D eigenvalue weighted by molar-refractivity contribution is 7.89. The molecule has 0 aliphatic carbocycles. The summed E-state index contributed by atoms with van der Waals surface area (Å²) in [5, 5.41) is 0. The monoisotopic (exact) mass is 314 g/mol. The molecule has 22 heavy (non-hydrogen) atoms. The molecule has 0 saturated carbocycles. The molecular weight excluding hydrogens is 296 g/mol. The third-order valence-electron chi connectivity index (χ3n) is 3.06. The standard InChI is InChI=1S/C17H18N2O2S/c1-14-9-11-16(12-10-14)22(20,21)19-13-5-4-7-15-6-2-3-8-17(15)18/h2-3,6,8-12,19H,5,13,18H2,1H3. The number of aryl methyl sites for hydroxylation is 1. The highest BCUT2D eigenvalue weighted by Gasteiger charge is 2.11. The van der Waals surface area contributed by atoms with Crippen LogP contribution in [0.15, 0.2) is 53.4 Å². The van der Waals surface area contributed by atoms with E-state index in [1.807, 2.05) is 25.1 Å². The van der Waals surface area contributed by atoms with Crippen LogP contribution in [-0.2, 0) is 10.0 Å².